The average molecular weight is 434 g/mol. The van der Waals surface area contributed by atoms with Crippen LogP contribution in [0.5, 0.6) is 0 Å². The molecule has 2 amide bonds. The van der Waals surface area contributed by atoms with Crippen LogP contribution in [-0.2, 0) is 9.53 Å². The van der Waals surface area contributed by atoms with Crippen LogP contribution in [-0.4, -0.2) is 47.3 Å². The summed E-state index contributed by atoms with van der Waals surface area (Å²) in [7, 11) is 0. The van der Waals surface area contributed by atoms with Crippen molar-refractivity contribution in [3.05, 3.63) is 0 Å². The molecule has 1 N–H and O–H groups in total. The summed E-state index contributed by atoms with van der Waals surface area (Å²) in [6.45, 7) is 6.03. The van der Waals surface area contributed by atoms with Crippen molar-refractivity contribution in [3.63, 3.8) is 0 Å². The zero-order valence-electron chi connectivity index (χ0n) is 18.2. The van der Waals surface area contributed by atoms with E-state index in [1.807, 2.05) is 0 Å². The van der Waals surface area contributed by atoms with E-state index in [0.717, 1.165) is 19.3 Å². The molecule has 1 rings (SSSR count). The van der Waals surface area contributed by atoms with Gasteiger partial charge in [0.05, 0.1) is 6.07 Å². The number of hydrogen-bond acceptors (Lipinski definition) is 4. The maximum absolute atomic E-state index is 12.2. The number of rotatable bonds is 9. The summed E-state index contributed by atoms with van der Waals surface area (Å²) in [4.78, 5) is 25.9. The van der Waals surface area contributed by atoms with Gasteiger partial charge in [-0.15, -0.1) is 0 Å². The minimum atomic E-state index is -4.09. The fourth-order valence-corrected chi connectivity index (χ4v) is 3.31. The molecule has 1 fully saturated rings. The third-order valence-corrected chi connectivity index (χ3v) is 4.98. The Morgan fingerprint density at radius 1 is 1.03 bits per heavy atom. The molecule has 0 aromatic carbocycles. The molecule has 1 aliphatic rings. The number of unbranched alkanes of at least 4 members (excludes halogenated alkanes) is 5. The van der Waals surface area contributed by atoms with Crippen LogP contribution in [0.1, 0.15) is 85.0 Å². The van der Waals surface area contributed by atoms with E-state index in [0.29, 0.717) is 38.8 Å². The number of amides is 2. The predicted octanol–water partition coefficient (Wildman–Crippen LogP) is 5.08. The number of likely N-dealkylation sites (tertiary alicyclic amines) is 1. The van der Waals surface area contributed by atoms with Gasteiger partial charge in [-0.3, -0.25) is 4.79 Å². The van der Waals surface area contributed by atoms with E-state index in [1.54, 1.807) is 25.7 Å². The summed E-state index contributed by atoms with van der Waals surface area (Å²) in [5, 5.41) is 12.4. The number of hydrogen-bond donors (Lipinski definition) is 1. The number of carbonyl (C=O) groups excluding carboxylic acids is 2. The first-order valence-corrected chi connectivity index (χ1v) is 10.6. The number of alkyl halides is 3. The highest BCUT2D eigenvalue weighted by molar-refractivity contribution is 5.77. The summed E-state index contributed by atoms with van der Waals surface area (Å²) in [5.74, 6) is -0.209. The van der Waals surface area contributed by atoms with Gasteiger partial charge in [-0.05, 0) is 33.6 Å². The van der Waals surface area contributed by atoms with E-state index in [9.17, 15) is 28.0 Å². The second-order valence-corrected chi connectivity index (χ2v) is 8.95. The van der Waals surface area contributed by atoms with E-state index >= 15 is 0 Å². The first-order valence-electron chi connectivity index (χ1n) is 10.6. The third-order valence-electron chi connectivity index (χ3n) is 4.98. The molecule has 0 aromatic rings. The number of halogens is 3. The van der Waals surface area contributed by atoms with Crippen molar-refractivity contribution >= 4 is 12.0 Å². The van der Waals surface area contributed by atoms with Gasteiger partial charge < -0.3 is 15.0 Å². The minimum absolute atomic E-state index is 0.148. The van der Waals surface area contributed by atoms with Crippen molar-refractivity contribution < 1.29 is 27.5 Å². The Kier molecular flexibility index (Phi) is 9.92. The summed E-state index contributed by atoms with van der Waals surface area (Å²) in [6, 6.07) is 2.19. The number of nitrogens with zero attached hydrogens (tertiary/aromatic N) is 2. The Morgan fingerprint density at radius 3 is 2.07 bits per heavy atom. The molecule has 0 atom stereocenters. The Balaban J connectivity index is 2.26. The molecule has 172 valence electrons. The van der Waals surface area contributed by atoms with Crippen LogP contribution in [0.4, 0.5) is 18.0 Å². The minimum Gasteiger partial charge on any atom is -0.444 e. The molecule has 6 nitrogen and oxygen atoms in total. The normalized spacial score (nSPS) is 16.6. The smallest absolute Gasteiger partial charge is 0.410 e. The van der Waals surface area contributed by atoms with Crippen LogP contribution in [0.25, 0.3) is 0 Å². The standard InChI is InChI=1S/C21H34F3N3O3/c1-19(2,3)30-18(29)27-14-12-20(16-25,13-15-27)26-17(28)10-8-6-4-5-7-9-11-21(22,23)24/h4-15H2,1-3H3,(H,26,28). The van der Waals surface area contributed by atoms with Crippen molar-refractivity contribution in [3.8, 4) is 6.07 Å². The van der Waals surface area contributed by atoms with E-state index in [2.05, 4.69) is 11.4 Å². The Morgan fingerprint density at radius 2 is 1.57 bits per heavy atom. The molecular weight excluding hydrogens is 399 g/mol. The van der Waals surface area contributed by atoms with Gasteiger partial charge in [-0.25, -0.2) is 4.79 Å². The maximum atomic E-state index is 12.2. The largest absolute Gasteiger partial charge is 0.444 e. The van der Waals surface area contributed by atoms with Crippen LogP contribution < -0.4 is 5.32 Å². The highest BCUT2D eigenvalue weighted by Crippen LogP contribution is 2.24. The fourth-order valence-electron chi connectivity index (χ4n) is 3.31. The van der Waals surface area contributed by atoms with Crippen LogP contribution in [0.15, 0.2) is 0 Å². The lowest BCUT2D eigenvalue weighted by molar-refractivity contribution is -0.135. The topological polar surface area (TPSA) is 82.4 Å². The summed E-state index contributed by atoms with van der Waals surface area (Å²) in [5.41, 5.74) is -1.57. The molecule has 1 aliphatic heterocycles. The quantitative estimate of drug-likeness (QED) is 0.514. The Labute approximate surface area is 177 Å². The lowest BCUT2D eigenvalue weighted by Crippen LogP contribution is -2.55. The zero-order valence-corrected chi connectivity index (χ0v) is 18.2. The monoisotopic (exact) mass is 433 g/mol. The van der Waals surface area contributed by atoms with Crippen molar-refractivity contribution in [2.45, 2.75) is 102 Å². The first kappa shape index (κ1) is 26.1. The van der Waals surface area contributed by atoms with E-state index in [1.165, 1.54) is 0 Å². The Bertz CT molecular complexity index is 601. The number of ether oxygens (including phenoxy) is 1. The molecule has 1 heterocycles. The van der Waals surface area contributed by atoms with Gasteiger partial charge in [0, 0.05) is 38.8 Å². The summed E-state index contributed by atoms with van der Waals surface area (Å²) >= 11 is 0. The summed E-state index contributed by atoms with van der Waals surface area (Å²) in [6.07, 6.45) is -0.679. The van der Waals surface area contributed by atoms with Crippen LogP contribution in [0.3, 0.4) is 0 Å². The Hall–Kier alpha value is -1.98. The van der Waals surface area contributed by atoms with Gasteiger partial charge in [0.25, 0.3) is 0 Å². The van der Waals surface area contributed by atoms with E-state index in [-0.39, 0.29) is 18.7 Å². The molecular formula is C21H34F3N3O3. The number of carbonyl (C=O) groups is 2. The number of nitrogens with one attached hydrogen (secondary N) is 1. The maximum Gasteiger partial charge on any atom is 0.410 e. The van der Waals surface area contributed by atoms with Gasteiger partial charge >= 0.3 is 12.3 Å². The van der Waals surface area contributed by atoms with Crippen LogP contribution in [0.2, 0.25) is 0 Å². The molecule has 30 heavy (non-hydrogen) atoms. The van der Waals surface area contributed by atoms with Crippen LogP contribution >= 0.6 is 0 Å². The lowest BCUT2D eigenvalue weighted by Gasteiger charge is -2.38. The predicted molar refractivity (Wildman–Crippen MR) is 107 cm³/mol. The van der Waals surface area contributed by atoms with Crippen molar-refractivity contribution in [1.29, 1.82) is 5.26 Å². The number of piperidine rings is 1. The first-order chi connectivity index (χ1) is 13.9. The lowest BCUT2D eigenvalue weighted by atomic mass is 9.89. The highest BCUT2D eigenvalue weighted by Gasteiger charge is 2.38. The molecule has 9 heteroatoms. The van der Waals surface area contributed by atoms with Crippen molar-refractivity contribution in [1.82, 2.24) is 10.2 Å². The molecule has 0 aromatic heterocycles. The fraction of sp³-hybridized carbons (Fsp3) is 0.857. The summed E-state index contributed by atoms with van der Waals surface area (Å²) < 4.78 is 41.5. The van der Waals surface area contributed by atoms with Gasteiger partial charge in [-0.1, -0.05) is 25.7 Å². The molecule has 0 aliphatic carbocycles. The average Bonchev–Trinajstić information content (AvgIpc) is 2.62. The molecule has 1 saturated heterocycles. The SMILES string of the molecule is CC(C)(C)OC(=O)N1CCC(C#N)(NC(=O)CCCCCCCCC(F)(F)F)CC1. The highest BCUT2D eigenvalue weighted by atomic mass is 19.4. The van der Waals surface area contributed by atoms with E-state index < -0.39 is 29.8 Å². The van der Waals surface area contributed by atoms with Gasteiger partial charge in [0.2, 0.25) is 5.91 Å². The second kappa shape index (κ2) is 11.4. The van der Waals surface area contributed by atoms with Crippen molar-refractivity contribution in [2.75, 3.05) is 13.1 Å². The van der Waals surface area contributed by atoms with Crippen molar-refractivity contribution in [2.24, 2.45) is 0 Å². The van der Waals surface area contributed by atoms with E-state index in [4.69, 9.17) is 4.74 Å². The molecule has 0 unspecified atom stereocenters. The van der Waals surface area contributed by atoms with Crippen LogP contribution in [0, 0.1) is 11.3 Å². The van der Waals surface area contributed by atoms with Gasteiger partial charge in [-0.2, -0.15) is 18.4 Å². The van der Waals surface area contributed by atoms with Gasteiger partial charge in [0.15, 0.2) is 0 Å². The zero-order chi connectivity index (χ0) is 22.8. The molecule has 0 spiro atoms. The molecule has 0 bridgehead atoms. The third kappa shape index (κ3) is 10.7. The molecule has 0 radical (unpaired) electrons. The van der Waals surface area contributed by atoms with Gasteiger partial charge in [0.1, 0.15) is 11.1 Å². The second-order valence-electron chi connectivity index (χ2n) is 8.95. The number of nitriles is 1. The molecule has 0 saturated carbocycles.